The number of hydrogen-bond donors (Lipinski definition) is 2. The predicted molar refractivity (Wildman–Crippen MR) is 79.9 cm³/mol. The summed E-state index contributed by atoms with van der Waals surface area (Å²) < 4.78 is 0. The lowest BCUT2D eigenvalue weighted by Crippen LogP contribution is -2.48. The lowest BCUT2D eigenvalue weighted by molar-refractivity contribution is -0.121. The molecule has 0 atom stereocenters. The second-order valence-corrected chi connectivity index (χ2v) is 5.79. The van der Waals surface area contributed by atoms with E-state index in [2.05, 4.69) is 28.8 Å². The molecule has 0 radical (unpaired) electrons. The molecule has 0 saturated carbocycles. The second-order valence-electron chi connectivity index (χ2n) is 5.79. The van der Waals surface area contributed by atoms with Crippen molar-refractivity contribution in [3.05, 3.63) is 35.4 Å². The maximum atomic E-state index is 11.8. The average molecular weight is 287 g/mol. The number of hydrogen-bond acceptors (Lipinski definition) is 3. The van der Waals surface area contributed by atoms with Gasteiger partial charge in [0.2, 0.25) is 5.91 Å². The zero-order valence-corrected chi connectivity index (χ0v) is 12.1. The monoisotopic (exact) mass is 287 g/mol. The van der Waals surface area contributed by atoms with Crippen molar-refractivity contribution in [1.29, 1.82) is 0 Å². The summed E-state index contributed by atoms with van der Waals surface area (Å²) in [4.78, 5) is 24.6. The van der Waals surface area contributed by atoms with Gasteiger partial charge in [-0.1, -0.05) is 24.3 Å². The largest absolute Gasteiger partial charge is 0.324 e. The van der Waals surface area contributed by atoms with E-state index in [0.717, 1.165) is 18.7 Å². The lowest BCUT2D eigenvalue weighted by Gasteiger charge is -2.27. The number of rotatable bonds is 3. The SMILES string of the molecule is O=C1CCN(Cc2cccc(C3CCNCC3)c2)C(=O)N1. The molecule has 0 spiro atoms. The van der Waals surface area contributed by atoms with Crippen LogP contribution in [-0.4, -0.2) is 36.5 Å². The molecule has 2 fully saturated rings. The Morgan fingerprint density at radius 2 is 2.00 bits per heavy atom. The average Bonchev–Trinajstić information content (AvgIpc) is 2.51. The Morgan fingerprint density at radius 3 is 2.76 bits per heavy atom. The summed E-state index contributed by atoms with van der Waals surface area (Å²) in [6, 6.07) is 8.23. The summed E-state index contributed by atoms with van der Waals surface area (Å²) in [6.07, 6.45) is 2.73. The van der Waals surface area contributed by atoms with Crippen molar-refractivity contribution in [3.8, 4) is 0 Å². The molecule has 112 valence electrons. The Morgan fingerprint density at radius 1 is 1.19 bits per heavy atom. The summed E-state index contributed by atoms with van der Waals surface area (Å²) in [5.74, 6) is 0.433. The first-order valence-electron chi connectivity index (χ1n) is 7.61. The van der Waals surface area contributed by atoms with Crippen molar-refractivity contribution in [2.24, 2.45) is 0 Å². The smallest absolute Gasteiger partial charge is 0.320 e. The molecule has 2 aliphatic rings. The van der Waals surface area contributed by atoms with Crippen LogP contribution in [0, 0.1) is 0 Å². The zero-order chi connectivity index (χ0) is 14.7. The highest BCUT2D eigenvalue weighted by Crippen LogP contribution is 2.26. The van der Waals surface area contributed by atoms with Crippen LogP contribution in [0.2, 0.25) is 0 Å². The molecule has 5 nitrogen and oxygen atoms in total. The molecule has 2 heterocycles. The molecule has 1 aromatic carbocycles. The van der Waals surface area contributed by atoms with E-state index >= 15 is 0 Å². The van der Waals surface area contributed by atoms with Crippen LogP contribution in [0.5, 0.6) is 0 Å². The van der Waals surface area contributed by atoms with Crippen LogP contribution >= 0.6 is 0 Å². The van der Waals surface area contributed by atoms with E-state index in [9.17, 15) is 9.59 Å². The fraction of sp³-hybridized carbons (Fsp3) is 0.500. The quantitative estimate of drug-likeness (QED) is 0.887. The van der Waals surface area contributed by atoms with E-state index in [1.165, 1.54) is 18.4 Å². The van der Waals surface area contributed by atoms with E-state index in [0.29, 0.717) is 25.4 Å². The maximum Gasteiger partial charge on any atom is 0.324 e. The Balaban J connectivity index is 1.68. The predicted octanol–water partition coefficient (Wildman–Crippen LogP) is 1.60. The molecule has 2 aliphatic heterocycles. The van der Waals surface area contributed by atoms with Crippen LogP contribution < -0.4 is 10.6 Å². The number of nitrogens with zero attached hydrogens (tertiary/aromatic N) is 1. The number of piperidine rings is 1. The molecule has 0 bridgehead atoms. The normalized spacial score (nSPS) is 20.5. The molecule has 3 amide bonds. The number of imide groups is 1. The van der Waals surface area contributed by atoms with E-state index < -0.39 is 0 Å². The number of urea groups is 1. The number of nitrogens with one attached hydrogen (secondary N) is 2. The fourth-order valence-corrected chi connectivity index (χ4v) is 3.07. The van der Waals surface area contributed by atoms with Crippen molar-refractivity contribution in [2.45, 2.75) is 31.7 Å². The highest BCUT2D eigenvalue weighted by atomic mass is 16.2. The van der Waals surface area contributed by atoms with Gasteiger partial charge in [0.15, 0.2) is 0 Å². The summed E-state index contributed by atoms with van der Waals surface area (Å²) in [7, 11) is 0. The van der Waals surface area contributed by atoms with Crippen molar-refractivity contribution in [3.63, 3.8) is 0 Å². The minimum absolute atomic E-state index is 0.181. The van der Waals surface area contributed by atoms with Crippen molar-refractivity contribution < 1.29 is 9.59 Å². The number of benzene rings is 1. The Labute approximate surface area is 124 Å². The van der Waals surface area contributed by atoms with E-state index in [1.54, 1.807) is 4.90 Å². The molecular formula is C16H21N3O2. The highest BCUT2D eigenvalue weighted by Gasteiger charge is 2.23. The Bertz CT molecular complexity index is 538. The topological polar surface area (TPSA) is 61.4 Å². The molecule has 21 heavy (non-hydrogen) atoms. The summed E-state index contributed by atoms with van der Waals surface area (Å²) in [6.45, 7) is 3.22. The van der Waals surface area contributed by atoms with Crippen LogP contribution in [0.25, 0.3) is 0 Å². The number of carbonyl (C=O) groups is 2. The molecule has 1 aromatic rings. The van der Waals surface area contributed by atoms with Crippen LogP contribution in [-0.2, 0) is 11.3 Å². The number of carbonyl (C=O) groups excluding carboxylic acids is 2. The molecule has 2 saturated heterocycles. The fourth-order valence-electron chi connectivity index (χ4n) is 3.07. The van der Waals surface area contributed by atoms with Crippen molar-refractivity contribution in [2.75, 3.05) is 19.6 Å². The molecule has 2 N–H and O–H groups in total. The molecule has 0 aliphatic carbocycles. The first-order chi connectivity index (χ1) is 10.2. The minimum atomic E-state index is -0.279. The summed E-state index contributed by atoms with van der Waals surface area (Å²) in [5.41, 5.74) is 2.50. The third-order valence-electron chi connectivity index (χ3n) is 4.28. The lowest BCUT2D eigenvalue weighted by atomic mass is 9.89. The van der Waals surface area contributed by atoms with Crippen LogP contribution in [0.4, 0.5) is 4.79 Å². The van der Waals surface area contributed by atoms with Gasteiger partial charge in [-0.05, 0) is 43.0 Å². The third kappa shape index (κ3) is 3.42. The van der Waals surface area contributed by atoms with E-state index in [-0.39, 0.29) is 11.9 Å². The molecule has 5 heteroatoms. The maximum absolute atomic E-state index is 11.8. The van der Waals surface area contributed by atoms with Gasteiger partial charge in [0, 0.05) is 19.5 Å². The van der Waals surface area contributed by atoms with Gasteiger partial charge < -0.3 is 10.2 Å². The molecular weight excluding hydrogens is 266 g/mol. The highest BCUT2D eigenvalue weighted by molar-refractivity contribution is 5.96. The zero-order valence-electron chi connectivity index (χ0n) is 12.1. The summed E-state index contributed by atoms with van der Waals surface area (Å²) in [5, 5.41) is 5.75. The number of amides is 3. The van der Waals surface area contributed by atoms with Gasteiger partial charge in [-0.2, -0.15) is 0 Å². The van der Waals surface area contributed by atoms with Crippen LogP contribution in [0.1, 0.15) is 36.3 Å². The van der Waals surface area contributed by atoms with E-state index in [4.69, 9.17) is 0 Å². The van der Waals surface area contributed by atoms with Gasteiger partial charge in [-0.3, -0.25) is 10.1 Å². The molecule has 0 aromatic heterocycles. The molecule has 0 unspecified atom stereocenters. The first kappa shape index (κ1) is 14.1. The van der Waals surface area contributed by atoms with Crippen LogP contribution in [0.15, 0.2) is 24.3 Å². The molecule has 3 rings (SSSR count). The third-order valence-corrected chi connectivity index (χ3v) is 4.28. The van der Waals surface area contributed by atoms with Crippen molar-refractivity contribution >= 4 is 11.9 Å². The second kappa shape index (κ2) is 6.26. The van der Waals surface area contributed by atoms with E-state index in [1.807, 2.05) is 6.07 Å². The standard InChI is InChI=1S/C16H21N3O2/c20-15-6-9-19(16(21)18-15)11-12-2-1-3-14(10-12)13-4-7-17-8-5-13/h1-3,10,13,17H,4-9,11H2,(H,18,20,21). The first-order valence-corrected chi connectivity index (χ1v) is 7.61. The van der Waals surface area contributed by atoms with Gasteiger partial charge in [-0.15, -0.1) is 0 Å². The van der Waals surface area contributed by atoms with Gasteiger partial charge in [0.05, 0.1) is 0 Å². The van der Waals surface area contributed by atoms with Gasteiger partial charge in [0.25, 0.3) is 0 Å². The Hall–Kier alpha value is -1.88. The van der Waals surface area contributed by atoms with Crippen molar-refractivity contribution in [1.82, 2.24) is 15.5 Å². The Kier molecular flexibility index (Phi) is 4.20. The van der Waals surface area contributed by atoms with Gasteiger partial charge >= 0.3 is 6.03 Å². The van der Waals surface area contributed by atoms with Crippen LogP contribution in [0.3, 0.4) is 0 Å². The minimum Gasteiger partial charge on any atom is -0.320 e. The summed E-state index contributed by atoms with van der Waals surface area (Å²) >= 11 is 0. The van der Waals surface area contributed by atoms with Gasteiger partial charge in [-0.25, -0.2) is 4.79 Å². The van der Waals surface area contributed by atoms with Gasteiger partial charge in [0.1, 0.15) is 0 Å².